The van der Waals surface area contributed by atoms with Crippen molar-refractivity contribution in [2.75, 3.05) is 13.7 Å². The van der Waals surface area contributed by atoms with E-state index in [4.69, 9.17) is 4.74 Å². The topological polar surface area (TPSA) is 38.3 Å². The van der Waals surface area contributed by atoms with Gasteiger partial charge in [-0.05, 0) is 89.1 Å². The highest BCUT2D eigenvalue weighted by Gasteiger charge is 2.57. The SMILES string of the molecule is COc1ccc([C@@H]2CC[C@@]3(Cc4ccc(F)c(F)c4)C(=O)NC[C@H]3[C@H]2c2ccc(CI)cc2)c(CI)c1. The predicted molar refractivity (Wildman–Crippen MR) is 159 cm³/mol. The molecular weight excluding hydrogens is 698 g/mol. The summed E-state index contributed by atoms with van der Waals surface area (Å²) in [4.78, 5) is 13.5. The summed E-state index contributed by atoms with van der Waals surface area (Å²) in [7, 11) is 1.69. The summed E-state index contributed by atoms with van der Waals surface area (Å²) in [5, 5.41) is 3.16. The number of amides is 1. The van der Waals surface area contributed by atoms with E-state index in [9.17, 15) is 13.6 Å². The zero-order valence-electron chi connectivity index (χ0n) is 20.6. The van der Waals surface area contributed by atoms with Gasteiger partial charge < -0.3 is 10.1 Å². The van der Waals surface area contributed by atoms with Crippen molar-refractivity contribution in [2.45, 2.75) is 40.0 Å². The number of ether oxygens (including phenoxy) is 1. The maximum Gasteiger partial charge on any atom is 0.226 e. The van der Waals surface area contributed by atoms with E-state index < -0.39 is 17.0 Å². The fraction of sp³-hybridized carbons (Fsp3) is 0.367. The summed E-state index contributed by atoms with van der Waals surface area (Å²) in [5.41, 5.74) is 5.05. The molecule has 2 fully saturated rings. The predicted octanol–water partition coefficient (Wildman–Crippen LogP) is 7.48. The van der Waals surface area contributed by atoms with E-state index in [2.05, 4.69) is 86.9 Å². The number of rotatable bonds is 7. The van der Waals surface area contributed by atoms with E-state index in [1.54, 1.807) is 13.2 Å². The molecule has 3 nitrogen and oxygen atoms in total. The zero-order valence-corrected chi connectivity index (χ0v) is 24.9. The fourth-order valence-corrected chi connectivity index (χ4v) is 7.70. The Morgan fingerprint density at radius 3 is 2.41 bits per heavy atom. The largest absolute Gasteiger partial charge is 0.497 e. The Hall–Kier alpha value is -1.75. The van der Waals surface area contributed by atoms with Gasteiger partial charge >= 0.3 is 0 Å². The smallest absolute Gasteiger partial charge is 0.226 e. The van der Waals surface area contributed by atoms with Gasteiger partial charge in [-0.2, -0.15) is 0 Å². The summed E-state index contributed by atoms with van der Waals surface area (Å²) in [6, 6.07) is 19.2. The Labute approximate surface area is 244 Å². The number of alkyl halides is 2. The number of halogens is 4. The van der Waals surface area contributed by atoms with Crippen LogP contribution in [0, 0.1) is 23.0 Å². The van der Waals surface area contributed by atoms with Crippen LogP contribution in [0.3, 0.4) is 0 Å². The van der Waals surface area contributed by atoms with E-state index in [0.717, 1.165) is 21.0 Å². The number of carbonyl (C=O) groups excluding carboxylic acids is 1. The molecule has 0 bridgehead atoms. The van der Waals surface area contributed by atoms with Crippen LogP contribution in [0.1, 0.15) is 52.5 Å². The Bertz CT molecular complexity index is 1300. The molecule has 5 rings (SSSR count). The fourth-order valence-electron chi connectivity index (χ4n) is 6.53. The molecule has 37 heavy (non-hydrogen) atoms. The van der Waals surface area contributed by atoms with Gasteiger partial charge in [-0.1, -0.05) is 81.6 Å². The second kappa shape index (κ2) is 11.2. The van der Waals surface area contributed by atoms with Crippen LogP contribution < -0.4 is 10.1 Å². The van der Waals surface area contributed by atoms with Crippen LogP contribution in [-0.2, 0) is 20.1 Å². The number of hydrogen-bond acceptors (Lipinski definition) is 2. The van der Waals surface area contributed by atoms with Crippen LogP contribution in [0.15, 0.2) is 60.7 Å². The Morgan fingerprint density at radius 1 is 0.973 bits per heavy atom. The van der Waals surface area contributed by atoms with E-state index in [1.165, 1.54) is 34.4 Å². The van der Waals surface area contributed by atoms with Gasteiger partial charge in [-0.15, -0.1) is 0 Å². The number of benzene rings is 3. The third-order valence-corrected chi connectivity index (χ3v) is 10.0. The third kappa shape index (κ3) is 5.02. The second-order valence-corrected chi connectivity index (χ2v) is 11.7. The van der Waals surface area contributed by atoms with Gasteiger partial charge in [0.1, 0.15) is 5.75 Å². The Kier molecular flexibility index (Phi) is 8.10. The van der Waals surface area contributed by atoms with Gasteiger partial charge in [0.25, 0.3) is 0 Å². The van der Waals surface area contributed by atoms with Crippen molar-refractivity contribution < 1.29 is 18.3 Å². The number of hydrogen-bond donors (Lipinski definition) is 1. The van der Waals surface area contributed by atoms with Crippen molar-refractivity contribution in [3.63, 3.8) is 0 Å². The van der Waals surface area contributed by atoms with Gasteiger partial charge in [-0.25, -0.2) is 8.78 Å². The molecular formula is C30H29F2I2NO2. The van der Waals surface area contributed by atoms with E-state index >= 15 is 0 Å². The molecule has 0 spiro atoms. The summed E-state index contributed by atoms with van der Waals surface area (Å²) >= 11 is 4.78. The highest BCUT2D eigenvalue weighted by atomic mass is 127. The lowest BCUT2D eigenvalue weighted by Crippen LogP contribution is -2.44. The molecule has 3 aromatic rings. The highest BCUT2D eigenvalue weighted by molar-refractivity contribution is 14.1. The lowest BCUT2D eigenvalue weighted by molar-refractivity contribution is -0.131. The standard InChI is InChI=1S/C30H29F2I2NO2/c1-37-22-7-8-23(21(13-22)16-34)24-10-11-30(14-19-4-9-26(31)27(32)12-19)25(17-35-29(30)36)28(24)20-5-2-18(15-33)3-6-20/h2-9,12-13,24-25,28H,10-11,14-17H2,1H3,(H,35,36)/t24-,25-,28-,30-/m0/s1. The lowest BCUT2D eigenvalue weighted by atomic mass is 9.54. The molecule has 2 aliphatic rings. The molecule has 3 aromatic carbocycles. The van der Waals surface area contributed by atoms with E-state index in [-0.39, 0.29) is 23.7 Å². The molecule has 0 aromatic heterocycles. The van der Waals surface area contributed by atoms with E-state index in [1.807, 2.05) is 6.07 Å². The summed E-state index contributed by atoms with van der Waals surface area (Å²) < 4.78 is 35.1. The maximum absolute atomic E-state index is 14.1. The molecule has 1 N–H and O–H groups in total. The molecule has 7 heteroatoms. The molecule has 0 unspecified atom stereocenters. The van der Waals surface area contributed by atoms with E-state index in [0.29, 0.717) is 24.9 Å². The van der Waals surface area contributed by atoms with Crippen LogP contribution in [0.25, 0.3) is 0 Å². The minimum atomic E-state index is -0.867. The molecule has 1 saturated heterocycles. The van der Waals surface area contributed by atoms with Gasteiger partial charge in [0, 0.05) is 15.4 Å². The molecule has 1 heterocycles. The monoisotopic (exact) mass is 727 g/mol. The van der Waals surface area contributed by atoms with Crippen molar-refractivity contribution in [3.05, 3.63) is 100 Å². The minimum absolute atomic E-state index is 0.0263. The normalized spacial score (nSPS) is 25.0. The zero-order chi connectivity index (χ0) is 26.2. The third-order valence-electron chi connectivity index (χ3n) is 8.33. The van der Waals surface area contributed by atoms with Gasteiger partial charge in [0.2, 0.25) is 5.91 Å². The Balaban J connectivity index is 1.61. The Morgan fingerprint density at radius 2 is 1.73 bits per heavy atom. The first kappa shape index (κ1) is 26.8. The molecule has 1 amide bonds. The maximum atomic E-state index is 14.1. The summed E-state index contributed by atoms with van der Waals surface area (Å²) in [6.07, 6.45) is 1.93. The van der Waals surface area contributed by atoms with Crippen molar-refractivity contribution in [2.24, 2.45) is 11.3 Å². The molecule has 1 aliphatic carbocycles. The molecule has 0 radical (unpaired) electrons. The number of fused-ring (bicyclic) bond motifs is 1. The van der Waals surface area contributed by atoms with Crippen LogP contribution in [0.2, 0.25) is 0 Å². The number of nitrogens with one attached hydrogen (secondary N) is 1. The van der Waals surface area contributed by atoms with Gasteiger partial charge in [0.15, 0.2) is 11.6 Å². The first-order chi connectivity index (χ1) is 17.9. The van der Waals surface area contributed by atoms with Crippen LogP contribution in [0.4, 0.5) is 8.78 Å². The van der Waals surface area contributed by atoms with Crippen LogP contribution in [-0.4, -0.2) is 19.6 Å². The first-order valence-corrected chi connectivity index (χ1v) is 15.5. The average molecular weight is 727 g/mol. The van der Waals surface area contributed by atoms with Crippen LogP contribution in [0.5, 0.6) is 5.75 Å². The molecule has 4 atom stereocenters. The highest BCUT2D eigenvalue weighted by Crippen LogP contribution is 2.58. The molecule has 1 aliphatic heterocycles. The van der Waals surface area contributed by atoms with Crippen molar-refractivity contribution in [3.8, 4) is 5.75 Å². The first-order valence-electron chi connectivity index (χ1n) is 12.5. The van der Waals surface area contributed by atoms with Gasteiger partial charge in [-0.3, -0.25) is 4.79 Å². The quantitative estimate of drug-likeness (QED) is 0.203. The lowest BCUT2D eigenvalue weighted by Gasteiger charge is -2.47. The average Bonchev–Trinajstić information content (AvgIpc) is 3.25. The van der Waals surface area contributed by atoms with Crippen molar-refractivity contribution in [1.29, 1.82) is 0 Å². The van der Waals surface area contributed by atoms with Gasteiger partial charge in [0.05, 0.1) is 12.5 Å². The number of carbonyl (C=O) groups is 1. The van der Waals surface area contributed by atoms with Crippen LogP contribution >= 0.6 is 45.2 Å². The second-order valence-electron chi connectivity index (χ2n) is 10.1. The molecule has 1 saturated carbocycles. The van der Waals surface area contributed by atoms with Crippen molar-refractivity contribution in [1.82, 2.24) is 5.32 Å². The summed E-state index contributed by atoms with van der Waals surface area (Å²) in [5.74, 6) is -0.488. The summed E-state index contributed by atoms with van der Waals surface area (Å²) in [6.45, 7) is 0.577. The minimum Gasteiger partial charge on any atom is -0.497 e. The van der Waals surface area contributed by atoms with Crippen molar-refractivity contribution >= 4 is 51.1 Å². The molecule has 194 valence electrons. The number of methoxy groups -OCH3 is 1.